The molecule has 0 atom stereocenters. The Labute approximate surface area is 177 Å². The minimum atomic E-state index is -3.63. The van der Waals surface area contributed by atoms with Gasteiger partial charge in [-0.25, -0.2) is 8.42 Å². The van der Waals surface area contributed by atoms with E-state index in [2.05, 4.69) is 5.32 Å². The normalized spacial score (nSPS) is 15.1. The molecule has 0 saturated carbocycles. The summed E-state index contributed by atoms with van der Waals surface area (Å²) in [5.74, 6) is -0.166. The molecular weight excluding hydrogens is 402 g/mol. The third kappa shape index (κ3) is 5.46. The van der Waals surface area contributed by atoms with Crippen LogP contribution in [0.4, 0.5) is 5.69 Å². The van der Waals surface area contributed by atoms with Gasteiger partial charge in [-0.1, -0.05) is 29.8 Å². The van der Waals surface area contributed by atoms with E-state index in [1.54, 1.807) is 17.0 Å². The molecule has 1 N–H and O–H groups in total. The minimum absolute atomic E-state index is 0.0484. The number of carbonyl (C=O) groups is 2. The Balaban J connectivity index is 1.54. The highest BCUT2D eigenvalue weighted by atomic mass is 32.2. The number of aryl methyl sites for hydroxylation is 2. The predicted molar refractivity (Wildman–Crippen MR) is 116 cm³/mol. The smallest absolute Gasteiger partial charge is 0.243 e. The van der Waals surface area contributed by atoms with Crippen LogP contribution in [0.3, 0.4) is 0 Å². The third-order valence-corrected chi connectivity index (χ3v) is 7.06. The molecule has 2 aromatic carbocycles. The maximum atomic E-state index is 12.9. The average Bonchev–Trinajstić information content (AvgIpc) is 2.73. The first kappa shape index (κ1) is 22.0. The molecular formula is C22H27N3O4S. The fourth-order valence-corrected chi connectivity index (χ4v) is 4.83. The molecule has 0 spiro atoms. The summed E-state index contributed by atoms with van der Waals surface area (Å²) in [6.07, 6.45) is 1.10. The number of anilines is 1. The van der Waals surface area contributed by atoms with Crippen LogP contribution in [0, 0.1) is 6.92 Å². The summed E-state index contributed by atoms with van der Waals surface area (Å²) in [5.41, 5.74) is 2.86. The zero-order chi connectivity index (χ0) is 21.7. The van der Waals surface area contributed by atoms with Gasteiger partial charge in [-0.3, -0.25) is 9.59 Å². The molecule has 1 fully saturated rings. The van der Waals surface area contributed by atoms with E-state index in [4.69, 9.17) is 0 Å². The monoisotopic (exact) mass is 429 g/mol. The first-order chi connectivity index (χ1) is 14.3. The Morgan fingerprint density at radius 2 is 1.53 bits per heavy atom. The van der Waals surface area contributed by atoms with Gasteiger partial charge in [-0.2, -0.15) is 4.31 Å². The number of amides is 2. The van der Waals surface area contributed by atoms with Gasteiger partial charge in [0.15, 0.2) is 0 Å². The summed E-state index contributed by atoms with van der Waals surface area (Å²) in [4.78, 5) is 25.5. The van der Waals surface area contributed by atoms with Crippen LogP contribution in [0.1, 0.15) is 24.5 Å². The van der Waals surface area contributed by atoms with Gasteiger partial charge in [0.2, 0.25) is 21.8 Å². The van der Waals surface area contributed by atoms with Gasteiger partial charge in [0, 0.05) is 45.2 Å². The van der Waals surface area contributed by atoms with Gasteiger partial charge in [0.1, 0.15) is 0 Å². The zero-order valence-electron chi connectivity index (χ0n) is 17.3. The lowest BCUT2D eigenvalue weighted by atomic mass is 10.1. The topological polar surface area (TPSA) is 86.8 Å². The third-order valence-electron chi connectivity index (χ3n) is 5.15. The van der Waals surface area contributed by atoms with Crippen LogP contribution in [0.2, 0.25) is 0 Å². The van der Waals surface area contributed by atoms with Gasteiger partial charge in [-0.05, 0) is 43.2 Å². The maximum Gasteiger partial charge on any atom is 0.243 e. The van der Waals surface area contributed by atoms with E-state index in [0.29, 0.717) is 31.6 Å². The SMILES string of the molecule is CC(=O)Nc1ccc(S(=O)(=O)N2CCN(C(=O)CCc3ccc(C)cc3)CC2)cc1. The molecule has 1 saturated heterocycles. The molecule has 0 radical (unpaired) electrons. The number of hydrogen-bond acceptors (Lipinski definition) is 4. The highest BCUT2D eigenvalue weighted by Gasteiger charge is 2.29. The molecule has 2 aromatic rings. The van der Waals surface area contributed by atoms with Gasteiger partial charge >= 0.3 is 0 Å². The summed E-state index contributed by atoms with van der Waals surface area (Å²) < 4.78 is 27.1. The van der Waals surface area contributed by atoms with Crippen molar-refractivity contribution in [3.05, 3.63) is 59.7 Å². The van der Waals surface area contributed by atoms with Crippen molar-refractivity contribution in [2.24, 2.45) is 0 Å². The summed E-state index contributed by atoms with van der Waals surface area (Å²) in [6, 6.07) is 14.2. The molecule has 0 bridgehead atoms. The Bertz CT molecular complexity index is 994. The number of piperazine rings is 1. The predicted octanol–water partition coefficient (Wildman–Crippen LogP) is 2.42. The van der Waals surface area contributed by atoms with Crippen molar-refractivity contribution in [2.75, 3.05) is 31.5 Å². The van der Waals surface area contributed by atoms with Crippen molar-refractivity contribution in [3.63, 3.8) is 0 Å². The zero-order valence-corrected chi connectivity index (χ0v) is 18.1. The van der Waals surface area contributed by atoms with Crippen LogP contribution >= 0.6 is 0 Å². The molecule has 30 heavy (non-hydrogen) atoms. The Morgan fingerprint density at radius 1 is 0.933 bits per heavy atom. The molecule has 0 aromatic heterocycles. The maximum absolute atomic E-state index is 12.9. The lowest BCUT2D eigenvalue weighted by molar-refractivity contribution is -0.132. The van der Waals surface area contributed by atoms with E-state index in [0.717, 1.165) is 5.56 Å². The van der Waals surface area contributed by atoms with Crippen molar-refractivity contribution in [1.29, 1.82) is 0 Å². The Hall–Kier alpha value is -2.71. The second kappa shape index (κ2) is 9.40. The van der Waals surface area contributed by atoms with Crippen molar-refractivity contribution >= 4 is 27.5 Å². The second-order valence-corrected chi connectivity index (χ2v) is 9.41. The largest absolute Gasteiger partial charge is 0.340 e. The highest BCUT2D eigenvalue weighted by molar-refractivity contribution is 7.89. The number of nitrogens with zero attached hydrogens (tertiary/aromatic N) is 2. The second-order valence-electron chi connectivity index (χ2n) is 7.48. The molecule has 2 amide bonds. The van der Waals surface area contributed by atoms with E-state index in [-0.39, 0.29) is 29.8 Å². The van der Waals surface area contributed by atoms with Crippen LogP contribution < -0.4 is 5.32 Å². The molecule has 8 heteroatoms. The van der Waals surface area contributed by atoms with Crippen LogP contribution in [0.5, 0.6) is 0 Å². The first-order valence-corrected chi connectivity index (χ1v) is 11.4. The van der Waals surface area contributed by atoms with Crippen molar-refractivity contribution in [3.8, 4) is 0 Å². The molecule has 0 aliphatic carbocycles. The van der Waals surface area contributed by atoms with Crippen LogP contribution in [-0.4, -0.2) is 55.6 Å². The number of carbonyl (C=O) groups excluding carboxylic acids is 2. The molecule has 1 aliphatic heterocycles. The summed E-state index contributed by atoms with van der Waals surface area (Å²) in [7, 11) is -3.63. The molecule has 3 rings (SSSR count). The Kier molecular flexibility index (Phi) is 6.89. The quantitative estimate of drug-likeness (QED) is 0.764. The van der Waals surface area contributed by atoms with E-state index in [1.165, 1.54) is 28.9 Å². The Morgan fingerprint density at radius 3 is 2.10 bits per heavy atom. The highest BCUT2D eigenvalue weighted by Crippen LogP contribution is 2.20. The van der Waals surface area contributed by atoms with E-state index in [9.17, 15) is 18.0 Å². The first-order valence-electron chi connectivity index (χ1n) is 9.97. The standard InChI is InChI=1S/C22H27N3O4S/c1-17-3-5-19(6-4-17)7-12-22(27)24-13-15-25(16-14-24)30(28,29)21-10-8-20(9-11-21)23-18(2)26/h3-6,8-11H,7,12-16H2,1-2H3,(H,23,26). The average molecular weight is 430 g/mol. The molecule has 1 heterocycles. The van der Waals surface area contributed by atoms with Gasteiger partial charge in [0.05, 0.1) is 4.90 Å². The number of benzene rings is 2. The van der Waals surface area contributed by atoms with Gasteiger partial charge < -0.3 is 10.2 Å². The van der Waals surface area contributed by atoms with Crippen LogP contribution in [-0.2, 0) is 26.0 Å². The van der Waals surface area contributed by atoms with Crippen LogP contribution in [0.25, 0.3) is 0 Å². The van der Waals surface area contributed by atoms with Crippen molar-refractivity contribution in [1.82, 2.24) is 9.21 Å². The fraction of sp³-hybridized carbons (Fsp3) is 0.364. The molecule has 7 nitrogen and oxygen atoms in total. The number of sulfonamides is 1. The van der Waals surface area contributed by atoms with Gasteiger partial charge in [0.25, 0.3) is 0 Å². The number of hydrogen-bond donors (Lipinski definition) is 1. The van der Waals surface area contributed by atoms with Gasteiger partial charge in [-0.15, -0.1) is 0 Å². The number of nitrogens with one attached hydrogen (secondary N) is 1. The van der Waals surface area contributed by atoms with Crippen molar-refractivity contribution < 1.29 is 18.0 Å². The number of rotatable bonds is 6. The lowest BCUT2D eigenvalue weighted by Gasteiger charge is -2.34. The summed E-state index contributed by atoms with van der Waals surface area (Å²) in [6.45, 7) is 4.73. The molecule has 1 aliphatic rings. The van der Waals surface area contributed by atoms with Crippen LogP contribution in [0.15, 0.2) is 53.4 Å². The van der Waals surface area contributed by atoms with E-state index >= 15 is 0 Å². The minimum Gasteiger partial charge on any atom is -0.340 e. The van der Waals surface area contributed by atoms with E-state index in [1.807, 2.05) is 31.2 Å². The van der Waals surface area contributed by atoms with Crippen molar-refractivity contribution in [2.45, 2.75) is 31.6 Å². The van der Waals surface area contributed by atoms with E-state index < -0.39 is 10.0 Å². The summed E-state index contributed by atoms with van der Waals surface area (Å²) >= 11 is 0. The summed E-state index contributed by atoms with van der Waals surface area (Å²) in [5, 5.41) is 2.62. The lowest BCUT2D eigenvalue weighted by Crippen LogP contribution is -2.50. The molecule has 160 valence electrons. The fourth-order valence-electron chi connectivity index (χ4n) is 3.40. The molecule has 0 unspecified atom stereocenters.